The second-order valence-electron chi connectivity index (χ2n) is 5.37. The van der Waals surface area contributed by atoms with Crippen molar-refractivity contribution in [2.24, 2.45) is 0 Å². The highest BCUT2D eigenvalue weighted by atomic mass is 19.2. The molecular formula is C17H24F2O3. The van der Waals surface area contributed by atoms with Crippen LogP contribution in [0.25, 0.3) is 0 Å². The molecule has 1 aromatic rings. The predicted molar refractivity (Wildman–Crippen MR) is 81.4 cm³/mol. The van der Waals surface area contributed by atoms with Crippen molar-refractivity contribution in [3.63, 3.8) is 0 Å². The number of hydrogen-bond acceptors (Lipinski definition) is 2. The standard InChI is InChI=1S/C17H24F2O3/c1-2-3-4-5-6-7-8-9-12-22-14-11-10-13(17(20)21)15(18)16(14)19/h10-11H,2-9,12H2,1H3,(H,20,21). The van der Waals surface area contributed by atoms with Crippen molar-refractivity contribution < 1.29 is 23.4 Å². The lowest BCUT2D eigenvalue weighted by Gasteiger charge is -2.08. The van der Waals surface area contributed by atoms with Crippen LogP contribution < -0.4 is 4.74 Å². The van der Waals surface area contributed by atoms with Crippen molar-refractivity contribution >= 4 is 5.97 Å². The minimum atomic E-state index is -1.49. The Morgan fingerprint density at radius 2 is 1.59 bits per heavy atom. The van der Waals surface area contributed by atoms with E-state index in [-0.39, 0.29) is 5.75 Å². The van der Waals surface area contributed by atoms with E-state index in [4.69, 9.17) is 9.84 Å². The first-order valence-corrected chi connectivity index (χ1v) is 7.92. The summed E-state index contributed by atoms with van der Waals surface area (Å²) in [5, 5.41) is 8.68. The highest BCUT2D eigenvalue weighted by Crippen LogP contribution is 2.23. The molecule has 0 bridgehead atoms. The van der Waals surface area contributed by atoms with E-state index < -0.39 is 23.2 Å². The summed E-state index contributed by atoms with van der Waals surface area (Å²) in [6.07, 6.45) is 9.09. The molecule has 0 radical (unpaired) electrons. The van der Waals surface area contributed by atoms with Gasteiger partial charge in [-0.15, -0.1) is 0 Å². The molecule has 1 N–H and O–H groups in total. The van der Waals surface area contributed by atoms with Gasteiger partial charge >= 0.3 is 5.97 Å². The molecule has 0 spiro atoms. The molecule has 1 rings (SSSR count). The highest BCUT2D eigenvalue weighted by molar-refractivity contribution is 5.88. The summed E-state index contributed by atoms with van der Waals surface area (Å²) in [5.41, 5.74) is -0.683. The van der Waals surface area contributed by atoms with Crippen LogP contribution in [0.15, 0.2) is 12.1 Å². The molecule has 124 valence electrons. The quantitative estimate of drug-likeness (QED) is 0.572. The van der Waals surface area contributed by atoms with Crippen LogP contribution in [0.4, 0.5) is 8.78 Å². The normalized spacial score (nSPS) is 10.7. The van der Waals surface area contributed by atoms with Crippen LogP contribution in [0.2, 0.25) is 0 Å². The fraction of sp³-hybridized carbons (Fsp3) is 0.588. The third-order valence-electron chi connectivity index (χ3n) is 3.53. The lowest BCUT2D eigenvalue weighted by molar-refractivity contribution is 0.0690. The summed E-state index contributed by atoms with van der Waals surface area (Å²) in [6.45, 7) is 2.49. The number of carboxylic acids is 1. The molecule has 1 aromatic carbocycles. The van der Waals surface area contributed by atoms with Gasteiger partial charge in [0.25, 0.3) is 0 Å². The number of hydrogen-bond donors (Lipinski definition) is 1. The first-order chi connectivity index (χ1) is 10.6. The molecule has 0 aliphatic carbocycles. The Morgan fingerprint density at radius 3 is 2.18 bits per heavy atom. The fourth-order valence-electron chi connectivity index (χ4n) is 2.23. The average molecular weight is 314 g/mol. The minimum Gasteiger partial charge on any atom is -0.490 e. The van der Waals surface area contributed by atoms with Gasteiger partial charge in [-0.05, 0) is 18.6 Å². The van der Waals surface area contributed by atoms with Crippen LogP contribution in [0.3, 0.4) is 0 Å². The Kier molecular flexibility index (Phi) is 8.48. The molecule has 0 amide bonds. The largest absolute Gasteiger partial charge is 0.490 e. The van der Waals surface area contributed by atoms with Gasteiger partial charge in [0.05, 0.1) is 12.2 Å². The van der Waals surface area contributed by atoms with Gasteiger partial charge in [0.2, 0.25) is 5.82 Å². The first-order valence-electron chi connectivity index (χ1n) is 7.92. The number of carboxylic acid groups (broad SMARTS) is 1. The molecule has 0 aliphatic rings. The smallest absolute Gasteiger partial charge is 0.338 e. The number of ether oxygens (including phenoxy) is 1. The van der Waals surface area contributed by atoms with E-state index in [1.807, 2.05) is 0 Å². The van der Waals surface area contributed by atoms with Crippen LogP contribution in [-0.4, -0.2) is 17.7 Å². The average Bonchev–Trinajstić information content (AvgIpc) is 2.49. The van der Waals surface area contributed by atoms with Crippen LogP contribution in [-0.2, 0) is 0 Å². The van der Waals surface area contributed by atoms with Gasteiger partial charge in [-0.2, -0.15) is 4.39 Å². The molecule has 0 aliphatic heterocycles. The summed E-state index contributed by atoms with van der Waals surface area (Å²) >= 11 is 0. The molecule has 22 heavy (non-hydrogen) atoms. The highest BCUT2D eigenvalue weighted by Gasteiger charge is 2.18. The van der Waals surface area contributed by atoms with E-state index in [2.05, 4.69) is 6.92 Å². The third-order valence-corrected chi connectivity index (χ3v) is 3.53. The van der Waals surface area contributed by atoms with Crippen molar-refractivity contribution in [1.29, 1.82) is 0 Å². The van der Waals surface area contributed by atoms with Gasteiger partial charge in [0.1, 0.15) is 0 Å². The zero-order chi connectivity index (χ0) is 16.4. The number of halogens is 2. The Hall–Kier alpha value is -1.65. The fourth-order valence-corrected chi connectivity index (χ4v) is 2.23. The SMILES string of the molecule is CCCCCCCCCCOc1ccc(C(=O)O)c(F)c1F. The molecule has 5 heteroatoms. The van der Waals surface area contributed by atoms with Crippen molar-refractivity contribution in [1.82, 2.24) is 0 Å². The molecule has 0 unspecified atom stereocenters. The van der Waals surface area contributed by atoms with Gasteiger partial charge in [0.15, 0.2) is 11.6 Å². The van der Waals surface area contributed by atoms with Crippen LogP contribution >= 0.6 is 0 Å². The molecule has 0 saturated carbocycles. The Balaban J connectivity index is 2.25. The van der Waals surface area contributed by atoms with Gasteiger partial charge in [0, 0.05) is 0 Å². The van der Waals surface area contributed by atoms with E-state index in [0.29, 0.717) is 6.61 Å². The molecule has 0 fully saturated rings. The molecular weight excluding hydrogens is 290 g/mol. The number of aromatic carboxylic acids is 1. The van der Waals surface area contributed by atoms with Crippen LogP contribution in [0.1, 0.15) is 68.6 Å². The number of benzene rings is 1. The van der Waals surface area contributed by atoms with Crippen molar-refractivity contribution in [3.8, 4) is 5.75 Å². The maximum atomic E-state index is 13.6. The van der Waals surface area contributed by atoms with Gasteiger partial charge in [-0.1, -0.05) is 51.9 Å². The van der Waals surface area contributed by atoms with Gasteiger partial charge in [-0.3, -0.25) is 0 Å². The molecule has 0 atom stereocenters. The van der Waals surface area contributed by atoms with Crippen molar-refractivity contribution in [2.45, 2.75) is 58.3 Å². The number of unbranched alkanes of at least 4 members (excludes halogenated alkanes) is 7. The Morgan fingerprint density at radius 1 is 1.00 bits per heavy atom. The number of carbonyl (C=O) groups is 1. The van der Waals surface area contributed by atoms with Gasteiger partial charge in [-0.25, -0.2) is 9.18 Å². The maximum absolute atomic E-state index is 13.6. The minimum absolute atomic E-state index is 0.231. The van der Waals surface area contributed by atoms with Crippen molar-refractivity contribution in [2.75, 3.05) is 6.61 Å². The molecule has 0 heterocycles. The summed E-state index contributed by atoms with van der Waals surface area (Å²) in [7, 11) is 0. The monoisotopic (exact) mass is 314 g/mol. The Labute approximate surface area is 130 Å². The first kappa shape index (κ1) is 18.4. The van der Waals surface area contributed by atoms with E-state index >= 15 is 0 Å². The van der Waals surface area contributed by atoms with E-state index in [1.165, 1.54) is 32.1 Å². The number of rotatable bonds is 11. The van der Waals surface area contributed by atoms with E-state index in [0.717, 1.165) is 31.4 Å². The van der Waals surface area contributed by atoms with Crippen LogP contribution in [0, 0.1) is 11.6 Å². The zero-order valence-electron chi connectivity index (χ0n) is 13.0. The van der Waals surface area contributed by atoms with Crippen molar-refractivity contribution in [3.05, 3.63) is 29.3 Å². The third kappa shape index (κ3) is 6.00. The topological polar surface area (TPSA) is 46.5 Å². The van der Waals surface area contributed by atoms with Crippen LogP contribution in [0.5, 0.6) is 5.75 Å². The lowest BCUT2D eigenvalue weighted by Crippen LogP contribution is -2.06. The summed E-state index contributed by atoms with van der Waals surface area (Å²) in [5.74, 6) is -4.34. The molecule has 0 aromatic heterocycles. The summed E-state index contributed by atoms with van der Waals surface area (Å²) < 4.78 is 32.3. The molecule has 0 saturated heterocycles. The predicted octanol–water partition coefficient (Wildman–Crippen LogP) is 5.18. The summed E-state index contributed by atoms with van der Waals surface area (Å²) in [4.78, 5) is 10.7. The van der Waals surface area contributed by atoms with E-state index in [9.17, 15) is 13.6 Å². The second-order valence-corrected chi connectivity index (χ2v) is 5.37. The zero-order valence-corrected chi connectivity index (χ0v) is 13.0. The van der Waals surface area contributed by atoms with Gasteiger partial charge < -0.3 is 9.84 Å². The van der Waals surface area contributed by atoms with E-state index in [1.54, 1.807) is 0 Å². The maximum Gasteiger partial charge on any atom is 0.338 e. The summed E-state index contributed by atoms with van der Waals surface area (Å²) in [6, 6.07) is 2.18. The second kappa shape index (κ2) is 10.1. The Bertz CT molecular complexity index is 475. The molecule has 3 nitrogen and oxygen atoms in total. The lowest BCUT2D eigenvalue weighted by atomic mass is 10.1.